The van der Waals surface area contributed by atoms with Crippen LogP contribution in [0.5, 0.6) is 0 Å². The Labute approximate surface area is 294 Å². The Bertz CT molecular complexity index is 255. The molecule has 0 aliphatic heterocycles. The number of carboxylic acid groups (broad SMARTS) is 3. The third-order valence-electron chi connectivity index (χ3n) is 0.460. The molecule has 5 amide bonds. The van der Waals surface area contributed by atoms with Gasteiger partial charge in [0.05, 0.1) is 0 Å². The van der Waals surface area contributed by atoms with Crippen LogP contribution in [0.2, 0.25) is 0 Å². The van der Waals surface area contributed by atoms with Gasteiger partial charge in [-0.25, -0.2) is 19.2 Å². The van der Waals surface area contributed by atoms with Crippen LogP contribution < -0.4 is 45.5 Å². The van der Waals surface area contributed by atoms with E-state index in [0.29, 0.717) is 0 Å². The van der Waals surface area contributed by atoms with E-state index in [1.165, 1.54) is 28.2 Å². The quantitative estimate of drug-likeness (QED) is 0.149. The molecular weight excluding hydrogens is 740 g/mol. The van der Waals surface area contributed by atoms with Crippen LogP contribution in [0.25, 0.3) is 0 Å². The molecule has 0 spiro atoms. The summed E-state index contributed by atoms with van der Waals surface area (Å²) in [6, 6.07) is -0.495. The minimum absolute atomic E-state index is 0. The molecule has 0 bridgehead atoms. The predicted octanol–water partition coefficient (Wildman–Crippen LogP) is -0.564. The van der Waals surface area contributed by atoms with Crippen LogP contribution in [0.4, 0.5) is 19.2 Å². The fourth-order valence-corrected chi connectivity index (χ4v) is 0. The maximum absolute atomic E-state index is 9.48. The van der Waals surface area contributed by atoms with E-state index in [1.54, 1.807) is 0 Å². The van der Waals surface area contributed by atoms with E-state index < -0.39 is 24.3 Å². The fourth-order valence-electron chi connectivity index (χ4n) is 0. The van der Waals surface area contributed by atoms with Crippen LogP contribution in [0, 0.1) is 0 Å². The molecular formula is C12H48N8O8Y4. The first-order valence-electron chi connectivity index (χ1n) is 5.01. The van der Waals surface area contributed by atoms with Crippen molar-refractivity contribution in [2.75, 3.05) is 28.2 Å². The number of nitrogens with two attached hydrogens (primary N) is 5. The first-order chi connectivity index (χ1) is 10.0. The molecule has 0 heterocycles. The molecule has 32 heavy (non-hydrogen) atoms. The van der Waals surface area contributed by atoms with Crippen LogP contribution in [0.1, 0.15) is 29.7 Å². The topological polar surface area (TPSA) is 350 Å². The summed E-state index contributed by atoms with van der Waals surface area (Å²) in [5.41, 5.74) is 21.6. The van der Waals surface area contributed by atoms with E-state index in [2.05, 4.69) is 34.0 Å². The molecule has 0 aliphatic carbocycles. The van der Waals surface area contributed by atoms with E-state index in [9.17, 15) is 9.59 Å². The van der Waals surface area contributed by atoms with Crippen molar-refractivity contribution in [3.05, 3.63) is 0 Å². The molecule has 20 heteroatoms. The van der Waals surface area contributed by atoms with Gasteiger partial charge in [-0.05, 0) is 14.1 Å². The third kappa shape index (κ3) is 1010. The Kier molecular flexibility index (Phi) is 489. The normalized spacial score (nSPS) is 3.94. The van der Waals surface area contributed by atoms with Crippen molar-refractivity contribution in [2.24, 2.45) is 28.7 Å². The number of nitrogens with one attached hydrogen (secondary N) is 2. The van der Waals surface area contributed by atoms with E-state index in [0.717, 1.165) is 0 Å². The number of urea groups is 1. The van der Waals surface area contributed by atoms with E-state index in [-0.39, 0.29) is 172 Å². The van der Waals surface area contributed by atoms with Crippen LogP contribution in [0.3, 0.4) is 0 Å². The number of carbonyl (C=O) groups is 4. The van der Waals surface area contributed by atoms with E-state index in [4.69, 9.17) is 24.9 Å². The summed E-state index contributed by atoms with van der Waals surface area (Å²) in [4.78, 5) is 36.3. The summed E-state index contributed by atoms with van der Waals surface area (Å²) >= 11 is 0. The Morgan fingerprint density at radius 1 is 0.594 bits per heavy atom. The van der Waals surface area contributed by atoms with Gasteiger partial charge in [0.1, 0.15) is 0 Å². The zero-order chi connectivity index (χ0) is 19.7. The standard InChI is InChI=1S/C2H6N2O.C2H5NO2.2CH3NO2.2CH5N.4CH4.H3N.H2O.4Y/c1-4-2(3)5;1-3-2(4)5;2*2-1(3)4;2*1-2;;;;;;;;;;/h1H3,(H3,3,4,5);3H,1H3,(H,4,5);2*2H2,(H,3,4);2*2H2,1H3;4*1H4;1H3;1H2;;;;. The maximum Gasteiger partial charge on any atom is 0.404 e. The molecule has 4 radical (unpaired) electrons. The van der Waals surface area contributed by atoms with Gasteiger partial charge in [0.2, 0.25) is 0 Å². The molecule has 196 valence electrons. The minimum atomic E-state index is -1.33. The van der Waals surface area contributed by atoms with Crippen LogP contribution in [-0.4, -0.2) is 73.3 Å². The molecule has 0 atom stereocenters. The number of hydrogen-bond donors (Lipinski definition) is 11. The second-order valence-corrected chi connectivity index (χ2v) is 1.85. The van der Waals surface area contributed by atoms with Crippen LogP contribution in [0.15, 0.2) is 0 Å². The van der Waals surface area contributed by atoms with Crippen molar-refractivity contribution in [3.8, 4) is 0 Å². The van der Waals surface area contributed by atoms with Gasteiger partial charge in [0.25, 0.3) is 0 Å². The molecule has 0 rings (SSSR count). The first kappa shape index (κ1) is 116. The molecule has 0 aliphatic rings. The van der Waals surface area contributed by atoms with Gasteiger partial charge >= 0.3 is 24.3 Å². The number of amides is 5. The van der Waals surface area contributed by atoms with Crippen LogP contribution >= 0.6 is 0 Å². The van der Waals surface area contributed by atoms with Crippen molar-refractivity contribution in [1.29, 1.82) is 0 Å². The van der Waals surface area contributed by atoms with E-state index in [1.807, 2.05) is 5.32 Å². The summed E-state index contributed by atoms with van der Waals surface area (Å²) in [5.74, 6) is 0. The van der Waals surface area contributed by atoms with E-state index >= 15 is 0 Å². The second-order valence-electron chi connectivity index (χ2n) is 1.85. The summed E-state index contributed by atoms with van der Waals surface area (Å²) in [6.07, 6.45) is -3.66. The third-order valence-corrected chi connectivity index (χ3v) is 0.460. The average molecular weight is 788 g/mol. The Balaban J connectivity index is -0.00000000660. The molecule has 0 aromatic rings. The molecule has 0 saturated heterocycles. The Morgan fingerprint density at radius 3 is 0.656 bits per heavy atom. The zero-order valence-electron chi connectivity index (χ0n) is 16.4. The van der Waals surface area contributed by atoms with Crippen LogP contribution in [-0.2, 0) is 131 Å². The monoisotopic (exact) mass is 788 g/mol. The average Bonchev–Trinajstić information content (AvgIpc) is 2.42. The number of hydrogen-bond acceptors (Lipinski definition) is 7. The number of primary amides is 3. The van der Waals surface area contributed by atoms with Crippen molar-refractivity contribution in [3.63, 3.8) is 0 Å². The van der Waals surface area contributed by atoms with Crippen molar-refractivity contribution in [2.45, 2.75) is 29.7 Å². The summed E-state index contributed by atoms with van der Waals surface area (Å²) in [5, 5.41) is 26.1. The summed E-state index contributed by atoms with van der Waals surface area (Å²) in [6.45, 7) is 0. The predicted molar refractivity (Wildman–Crippen MR) is 116 cm³/mol. The summed E-state index contributed by atoms with van der Waals surface area (Å²) in [7, 11) is 5.82. The van der Waals surface area contributed by atoms with Gasteiger partial charge in [-0.3, -0.25) is 0 Å². The second kappa shape index (κ2) is 135. The molecule has 0 fully saturated rings. The number of rotatable bonds is 0. The zero-order valence-corrected chi connectivity index (χ0v) is 27.7. The van der Waals surface area contributed by atoms with Gasteiger partial charge in [0, 0.05) is 145 Å². The smallest absolute Gasteiger partial charge is 0.404 e. The van der Waals surface area contributed by atoms with Crippen molar-refractivity contribution >= 4 is 24.3 Å². The van der Waals surface area contributed by atoms with Gasteiger partial charge < -0.3 is 66.2 Å². The fraction of sp³-hybridized carbons (Fsp3) is 0.667. The molecule has 0 saturated carbocycles. The molecule has 0 aromatic carbocycles. The molecule has 0 unspecified atom stereocenters. The van der Waals surface area contributed by atoms with Gasteiger partial charge in [0.15, 0.2) is 0 Å². The first-order valence-corrected chi connectivity index (χ1v) is 5.01. The van der Waals surface area contributed by atoms with Gasteiger partial charge in [-0.15, -0.1) is 0 Å². The largest absolute Gasteiger partial charge is 0.465 e. The van der Waals surface area contributed by atoms with Gasteiger partial charge in [-0.1, -0.05) is 29.7 Å². The molecule has 20 N–H and O–H groups in total. The van der Waals surface area contributed by atoms with Gasteiger partial charge in [-0.2, -0.15) is 0 Å². The minimum Gasteiger partial charge on any atom is -0.465 e. The molecule has 0 aromatic heterocycles. The van der Waals surface area contributed by atoms with Crippen molar-refractivity contribution < 1.29 is 171 Å². The SMILES string of the molecule is C.C.C.C.CN.CN.CNC(=O)O.CNC(N)=O.N.NC(=O)O.NC(=O)O.O.[Y].[Y].[Y].[Y]. The summed E-state index contributed by atoms with van der Waals surface area (Å²) < 4.78 is 0. The maximum atomic E-state index is 9.48. The van der Waals surface area contributed by atoms with Crippen molar-refractivity contribution in [1.82, 2.24) is 16.8 Å². The molecule has 16 nitrogen and oxygen atoms in total. The Hall–Kier alpha value is 1.34. The number of carbonyl (C=O) groups excluding carboxylic acids is 1. The Morgan fingerprint density at radius 2 is 0.656 bits per heavy atom.